The first-order valence-corrected chi connectivity index (χ1v) is 8.37. The molecule has 2 atom stereocenters. The number of carbonyl (C=O) groups excluding carboxylic acids is 1. The second-order valence-corrected chi connectivity index (χ2v) is 6.24. The molecular weight excluding hydrogens is 300 g/mol. The fourth-order valence-corrected chi connectivity index (χ4v) is 3.20. The molecule has 1 aromatic carbocycles. The van der Waals surface area contributed by atoms with Crippen LogP contribution < -0.4 is 10.5 Å². The number of nitrogens with zero attached hydrogens (tertiary/aromatic N) is 1. The molecule has 0 saturated carbocycles. The number of benzene rings is 1. The maximum Gasteiger partial charge on any atom is 0.166 e. The number of carbonyl (C=O) groups is 1. The van der Waals surface area contributed by atoms with Gasteiger partial charge in [0.15, 0.2) is 5.78 Å². The van der Waals surface area contributed by atoms with Gasteiger partial charge in [0.2, 0.25) is 0 Å². The molecule has 0 radical (unpaired) electrons. The zero-order valence-electron chi connectivity index (χ0n) is 13.1. The quantitative estimate of drug-likeness (QED) is 0.476. The van der Waals surface area contributed by atoms with E-state index in [4.69, 9.17) is 22.1 Å². The third-order valence-corrected chi connectivity index (χ3v) is 4.80. The summed E-state index contributed by atoms with van der Waals surface area (Å²) in [5.74, 6) is 0.662. The summed E-state index contributed by atoms with van der Waals surface area (Å²) in [5.41, 5.74) is 6.61. The van der Waals surface area contributed by atoms with Gasteiger partial charge >= 0.3 is 0 Å². The minimum atomic E-state index is -0.196. The summed E-state index contributed by atoms with van der Waals surface area (Å²) >= 11 is 6.46. The van der Waals surface area contributed by atoms with Crippen molar-refractivity contribution in [2.24, 2.45) is 5.73 Å². The molecule has 1 aromatic rings. The maximum absolute atomic E-state index is 12.3. The molecule has 5 heteroatoms. The van der Waals surface area contributed by atoms with E-state index < -0.39 is 0 Å². The van der Waals surface area contributed by atoms with Gasteiger partial charge in [0.05, 0.1) is 12.7 Å². The predicted molar refractivity (Wildman–Crippen MR) is 89.6 cm³/mol. The molecule has 1 aliphatic heterocycles. The third-order valence-electron chi connectivity index (χ3n) is 4.20. The first-order valence-electron chi connectivity index (χ1n) is 7.93. The highest BCUT2D eigenvalue weighted by Crippen LogP contribution is 2.22. The van der Waals surface area contributed by atoms with Crippen molar-refractivity contribution in [3.05, 3.63) is 29.8 Å². The third kappa shape index (κ3) is 4.45. The molecule has 4 nitrogen and oxygen atoms in total. The van der Waals surface area contributed by atoms with Gasteiger partial charge in [0, 0.05) is 12.5 Å². The summed E-state index contributed by atoms with van der Waals surface area (Å²) in [7, 11) is 1.57. The largest absolute Gasteiger partial charge is 0.496 e. The van der Waals surface area contributed by atoms with Gasteiger partial charge in [-0.05, 0) is 44.5 Å². The Morgan fingerprint density at radius 1 is 1.32 bits per heavy atom. The normalized spacial score (nSPS) is 18.7. The van der Waals surface area contributed by atoms with Crippen LogP contribution in [0.15, 0.2) is 24.3 Å². The molecule has 0 spiro atoms. The van der Waals surface area contributed by atoms with E-state index in [0.29, 0.717) is 24.2 Å². The van der Waals surface area contributed by atoms with Crippen LogP contribution in [0, 0.1) is 0 Å². The summed E-state index contributed by atoms with van der Waals surface area (Å²) in [5, 5.41) is 0. The van der Waals surface area contributed by atoms with Crippen LogP contribution in [0.2, 0.25) is 0 Å². The van der Waals surface area contributed by atoms with Gasteiger partial charge in [-0.15, -0.1) is 11.6 Å². The highest BCUT2D eigenvalue weighted by molar-refractivity contribution is 6.20. The minimum absolute atomic E-state index is 0.0513. The first-order chi connectivity index (χ1) is 10.6. The number of piperidine rings is 1. The Labute approximate surface area is 137 Å². The number of methoxy groups -OCH3 is 1. The Bertz CT molecular complexity index is 489. The van der Waals surface area contributed by atoms with E-state index in [-0.39, 0.29) is 17.3 Å². The van der Waals surface area contributed by atoms with Gasteiger partial charge in [0.1, 0.15) is 11.3 Å². The van der Waals surface area contributed by atoms with Crippen LogP contribution in [0.5, 0.6) is 5.75 Å². The molecule has 122 valence electrons. The van der Waals surface area contributed by atoms with Crippen molar-refractivity contribution in [2.45, 2.75) is 43.6 Å². The molecule has 22 heavy (non-hydrogen) atoms. The zero-order chi connectivity index (χ0) is 15.9. The van der Waals surface area contributed by atoms with Crippen molar-refractivity contribution < 1.29 is 9.53 Å². The number of rotatable bonds is 7. The SMILES string of the molecule is COc1ccccc1C(=O)CCC(N)C(Cl)N1CCCCC1. The van der Waals surface area contributed by atoms with Crippen LogP contribution in [-0.2, 0) is 0 Å². The number of likely N-dealkylation sites (tertiary alicyclic amines) is 1. The maximum atomic E-state index is 12.3. The average Bonchev–Trinajstić information content (AvgIpc) is 2.59. The highest BCUT2D eigenvalue weighted by atomic mass is 35.5. The van der Waals surface area contributed by atoms with Gasteiger partial charge in [-0.25, -0.2) is 0 Å². The molecule has 1 saturated heterocycles. The molecule has 2 N–H and O–H groups in total. The van der Waals surface area contributed by atoms with E-state index in [2.05, 4.69) is 4.90 Å². The van der Waals surface area contributed by atoms with Gasteiger partial charge in [0.25, 0.3) is 0 Å². The minimum Gasteiger partial charge on any atom is -0.496 e. The number of hydrogen-bond donors (Lipinski definition) is 1. The number of para-hydroxylation sites is 1. The van der Waals surface area contributed by atoms with Crippen molar-refractivity contribution in [1.29, 1.82) is 0 Å². The molecule has 0 bridgehead atoms. The number of halogens is 1. The zero-order valence-corrected chi connectivity index (χ0v) is 13.9. The van der Waals surface area contributed by atoms with Crippen molar-refractivity contribution in [3.8, 4) is 5.75 Å². The lowest BCUT2D eigenvalue weighted by Crippen LogP contribution is -2.46. The summed E-state index contributed by atoms with van der Waals surface area (Å²) in [6.07, 6.45) is 4.59. The lowest BCUT2D eigenvalue weighted by atomic mass is 10.0. The van der Waals surface area contributed by atoms with Crippen LogP contribution in [0.4, 0.5) is 0 Å². The number of ketones is 1. The fraction of sp³-hybridized carbons (Fsp3) is 0.588. The number of alkyl halides is 1. The van der Waals surface area contributed by atoms with Crippen LogP contribution in [0.1, 0.15) is 42.5 Å². The average molecular weight is 325 g/mol. The van der Waals surface area contributed by atoms with E-state index in [1.54, 1.807) is 19.2 Å². The molecule has 0 aliphatic carbocycles. The smallest absolute Gasteiger partial charge is 0.166 e. The van der Waals surface area contributed by atoms with Crippen molar-refractivity contribution >= 4 is 17.4 Å². The van der Waals surface area contributed by atoms with Crippen LogP contribution >= 0.6 is 11.6 Å². The van der Waals surface area contributed by atoms with E-state index >= 15 is 0 Å². The van der Waals surface area contributed by atoms with Crippen LogP contribution in [0.3, 0.4) is 0 Å². The van der Waals surface area contributed by atoms with Crippen molar-refractivity contribution in [2.75, 3.05) is 20.2 Å². The fourth-order valence-electron chi connectivity index (χ4n) is 2.88. The van der Waals surface area contributed by atoms with E-state index in [1.165, 1.54) is 19.3 Å². The van der Waals surface area contributed by atoms with Gasteiger partial charge in [-0.1, -0.05) is 18.6 Å². The summed E-state index contributed by atoms with van der Waals surface area (Å²) in [6.45, 7) is 2.00. The number of hydrogen-bond acceptors (Lipinski definition) is 4. The molecule has 1 heterocycles. The lowest BCUT2D eigenvalue weighted by molar-refractivity contribution is 0.0969. The molecule has 2 unspecified atom stereocenters. The Morgan fingerprint density at radius 3 is 2.68 bits per heavy atom. The molecule has 1 aliphatic rings. The molecule has 0 amide bonds. The van der Waals surface area contributed by atoms with Crippen molar-refractivity contribution in [3.63, 3.8) is 0 Å². The molecular formula is C17H25ClN2O2. The van der Waals surface area contributed by atoms with E-state index in [1.807, 2.05) is 12.1 Å². The second-order valence-electron chi connectivity index (χ2n) is 5.80. The van der Waals surface area contributed by atoms with E-state index in [0.717, 1.165) is 13.1 Å². The Kier molecular flexibility index (Phi) is 6.68. The van der Waals surface area contributed by atoms with Gasteiger partial charge < -0.3 is 10.5 Å². The monoisotopic (exact) mass is 324 g/mol. The molecule has 0 aromatic heterocycles. The molecule has 1 fully saturated rings. The highest BCUT2D eigenvalue weighted by Gasteiger charge is 2.25. The Balaban J connectivity index is 1.87. The summed E-state index contributed by atoms with van der Waals surface area (Å²) in [4.78, 5) is 14.6. The first kappa shape index (κ1) is 17.3. The topological polar surface area (TPSA) is 55.6 Å². The van der Waals surface area contributed by atoms with Crippen LogP contribution in [-0.4, -0.2) is 42.4 Å². The van der Waals surface area contributed by atoms with Crippen molar-refractivity contribution in [1.82, 2.24) is 4.90 Å². The summed E-state index contributed by atoms with van der Waals surface area (Å²) < 4.78 is 5.23. The Morgan fingerprint density at radius 2 is 2.00 bits per heavy atom. The van der Waals surface area contributed by atoms with Gasteiger partial charge in [-0.3, -0.25) is 9.69 Å². The van der Waals surface area contributed by atoms with Gasteiger partial charge in [-0.2, -0.15) is 0 Å². The number of nitrogens with two attached hydrogens (primary N) is 1. The predicted octanol–water partition coefficient (Wildman–Crippen LogP) is 3.04. The van der Waals surface area contributed by atoms with Crippen LogP contribution in [0.25, 0.3) is 0 Å². The molecule has 2 rings (SSSR count). The number of Topliss-reactive ketones (excluding diaryl/α,β-unsaturated/α-hetero) is 1. The second kappa shape index (κ2) is 8.51. The lowest BCUT2D eigenvalue weighted by Gasteiger charge is -2.33. The standard InChI is InChI=1S/C17H25ClN2O2/c1-22-16-8-4-3-7-13(16)15(21)10-9-14(19)17(18)20-11-5-2-6-12-20/h3-4,7-8,14,17H,2,5-6,9-12,19H2,1H3. The summed E-state index contributed by atoms with van der Waals surface area (Å²) in [6, 6.07) is 7.08. The van der Waals surface area contributed by atoms with E-state index in [9.17, 15) is 4.79 Å². The number of ether oxygens (including phenoxy) is 1. The Hall–Kier alpha value is -1.10.